The number of carbonyl (C=O) groups excluding carboxylic acids is 1. The van der Waals surface area contributed by atoms with Crippen LogP contribution in [0.15, 0.2) is 28.7 Å². The van der Waals surface area contributed by atoms with Crippen molar-refractivity contribution < 1.29 is 9.21 Å². The van der Waals surface area contributed by atoms with Gasteiger partial charge in [0.2, 0.25) is 5.91 Å². The summed E-state index contributed by atoms with van der Waals surface area (Å²) in [5.41, 5.74) is 1.68. The van der Waals surface area contributed by atoms with Crippen LogP contribution < -0.4 is 5.32 Å². The van der Waals surface area contributed by atoms with E-state index < -0.39 is 0 Å². The summed E-state index contributed by atoms with van der Waals surface area (Å²) in [4.78, 5) is 16.4. The molecule has 4 heteroatoms. The minimum Gasteiger partial charge on any atom is -0.441 e. The normalized spacial score (nSPS) is 16.4. The number of benzene rings is 1. The van der Waals surface area contributed by atoms with Crippen molar-refractivity contribution in [3.8, 4) is 0 Å². The first-order valence-corrected chi connectivity index (χ1v) is 7.45. The molecule has 20 heavy (non-hydrogen) atoms. The summed E-state index contributed by atoms with van der Waals surface area (Å²) in [7, 11) is 0. The van der Waals surface area contributed by atoms with Crippen molar-refractivity contribution in [2.45, 2.75) is 38.5 Å². The number of nitrogens with one attached hydrogen (secondary N) is 1. The second kappa shape index (κ2) is 6.07. The van der Waals surface area contributed by atoms with Gasteiger partial charge in [0.15, 0.2) is 11.5 Å². The topological polar surface area (TPSA) is 55.1 Å². The van der Waals surface area contributed by atoms with Crippen LogP contribution in [0.4, 0.5) is 0 Å². The number of carbonyl (C=O) groups is 1. The van der Waals surface area contributed by atoms with Gasteiger partial charge in [0.25, 0.3) is 0 Å². The van der Waals surface area contributed by atoms with Crippen LogP contribution in [0.2, 0.25) is 0 Å². The molecule has 4 nitrogen and oxygen atoms in total. The predicted molar refractivity (Wildman–Crippen MR) is 77.3 cm³/mol. The van der Waals surface area contributed by atoms with Gasteiger partial charge >= 0.3 is 0 Å². The third kappa shape index (κ3) is 3.00. The van der Waals surface area contributed by atoms with E-state index in [1.54, 1.807) is 0 Å². The van der Waals surface area contributed by atoms with E-state index in [1.807, 2.05) is 24.3 Å². The molecule has 1 aliphatic carbocycles. The van der Waals surface area contributed by atoms with Crippen molar-refractivity contribution in [3.05, 3.63) is 30.2 Å². The molecule has 1 heterocycles. The molecule has 0 bridgehead atoms. The molecular weight excluding hydrogens is 252 g/mol. The van der Waals surface area contributed by atoms with E-state index in [9.17, 15) is 4.79 Å². The molecule has 3 rings (SSSR count). The van der Waals surface area contributed by atoms with Crippen LogP contribution in [0.3, 0.4) is 0 Å². The molecule has 106 valence electrons. The second-order valence-corrected chi connectivity index (χ2v) is 5.45. The van der Waals surface area contributed by atoms with Crippen LogP contribution in [0.5, 0.6) is 0 Å². The van der Waals surface area contributed by atoms with Gasteiger partial charge in [-0.25, -0.2) is 4.98 Å². The molecule has 1 aromatic heterocycles. The van der Waals surface area contributed by atoms with E-state index in [4.69, 9.17) is 4.42 Å². The van der Waals surface area contributed by atoms with Crippen molar-refractivity contribution in [3.63, 3.8) is 0 Å². The lowest BCUT2D eigenvalue weighted by atomic mass is 9.89. The molecule has 2 aromatic rings. The Bertz CT molecular complexity index is 552. The van der Waals surface area contributed by atoms with E-state index in [2.05, 4.69) is 10.3 Å². The van der Waals surface area contributed by atoms with Gasteiger partial charge in [-0.1, -0.05) is 31.4 Å². The quantitative estimate of drug-likeness (QED) is 0.930. The summed E-state index contributed by atoms with van der Waals surface area (Å²) in [5, 5.41) is 3.01. The lowest BCUT2D eigenvalue weighted by Crippen LogP contribution is -2.33. The molecule has 1 aliphatic rings. The zero-order valence-corrected chi connectivity index (χ0v) is 11.6. The molecule has 0 radical (unpaired) electrons. The van der Waals surface area contributed by atoms with E-state index in [0.29, 0.717) is 18.9 Å². The first-order valence-electron chi connectivity index (χ1n) is 7.45. The fraction of sp³-hybridized carbons (Fsp3) is 0.500. The molecule has 1 aromatic carbocycles. The van der Waals surface area contributed by atoms with Crippen LogP contribution in [-0.4, -0.2) is 17.4 Å². The Kier molecular flexibility index (Phi) is 4.00. The fourth-order valence-corrected chi connectivity index (χ4v) is 2.83. The maximum Gasteiger partial charge on any atom is 0.223 e. The molecule has 0 aliphatic heterocycles. The Morgan fingerprint density at radius 1 is 1.25 bits per heavy atom. The van der Waals surface area contributed by atoms with Crippen LogP contribution in [0.25, 0.3) is 11.1 Å². The maximum atomic E-state index is 12.0. The van der Waals surface area contributed by atoms with E-state index >= 15 is 0 Å². The average molecular weight is 272 g/mol. The van der Waals surface area contributed by atoms with Gasteiger partial charge in [-0.3, -0.25) is 4.79 Å². The van der Waals surface area contributed by atoms with Crippen LogP contribution in [0, 0.1) is 5.92 Å². The molecule has 1 amide bonds. The minimum atomic E-state index is 0.195. The van der Waals surface area contributed by atoms with Gasteiger partial charge in [0.05, 0.1) is 0 Å². The summed E-state index contributed by atoms with van der Waals surface area (Å²) < 4.78 is 5.63. The van der Waals surface area contributed by atoms with E-state index in [1.165, 1.54) is 19.3 Å². The van der Waals surface area contributed by atoms with Gasteiger partial charge in [-0.05, 0) is 25.0 Å². The summed E-state index contributed by atoms with van der Waals surface area (Å²) in [6, 6.07) is 7.72. The number of fused-ring (bicyclic) bond motifs is 1. The Morgan fingerprint density at radius 2 is 2.05 bits per heavy atom. The third-order valence-electron chi connectivity index (χ3n) is 3.95. The highest BCUT2D eigenvalue weighted by atomic mass is 16.3. The molecule has 0 saturated heterocycles. The summed E-state index contributed by atoms with van der Waals surface area (Å²) in [6.07, 6.45) is 6.36. The number of para-hydroxylation sites is 2. The Hall–Kier alpha value is -1.84. The SMILES string of the molecule is O=C(NCCc1nc2ccccc2o1)C1CCCCC1. The third-order valence-corrected chi connectivity index (χ3v) is 3.95. The highest BCUT2D eigenvalue weighted by Gasteiger charge is 2.20. The number of rotatable bonds is 4. The minimum absolute atomic E-state index is 0.195. The van der Waals surface area contributed by atoms with Crippen molar-refractivity contribution in [2.24, 2.45) is 5.92 Å². The molecule has 0 spiro atoms. The van der Waals surface area contributed by atoms with Crippen molar-refractivity contribution in [2.75, 3.05) is 6.54 Å². The zero-order chi connectivity index (χ0) is 13.8. The van der Waals surface area contributed by atoms with Crippen LogP contribution in [-0.2, 0) is 11.2 Å². The highest BCUT2D eigenvalue weighted by Crippen LogP contribution is 2.23. The standard InChI is InChI=1S/C16H20N2O2/c19-16(12-6-2-1-3-7-12)17-11-10-15-18-13-8-4-5-9-14(13)20-15/h4-5,8-9,12H,1-3,6-7,10-11H2,(H,17,19). The number of nitrogens with zero attached hydrogens (tertiary/aromatic N) is 1. The van der Waals surface area contributed by atoms with Gasteiger partial charge in [-0.2, -0.15) is 0 Å². The van der Waals surface area contributed by atoms with Crippen LogP contribution >= 0.6 is 0 Å². The Balaban J connectivity index is 1.50. The molecule has 0 unspecified atom stereocenters. The molecule has 1 fully saturated rings. The number of aromatic nitrogens is 1. The first kappa shape index (κ1) is 13.2. The highest BCUT2D eigenvalue weighted by molar-refractivity contribution is 5.78. The van der Waals surface area contributed by atoms with Gasteiger partial charge in [-0.15, -0.1) is 0 Å². The van der Waals surface area contributed by atoms with Gasteiger partial charge < -0.3 is 9.73 Å². The second-order valence-electron chi connectivity index (χ2n) is 5.45. The average Bonchev–Trinajstić information content (AvgIpc) is 2.90. The smallest absolute Gasteiger partial charge is 0.223 e. The molecular formula is C16H20N2O2. The van der Waals surface area contributed by atoms with Crippen LogP contribution in [0.1, 0.15) is 38.0 Å². The summed E-state index contributed by atoms with van der Waals surface area (Å²) in [5.74, 6) is 1.10. The maximum absolute atomic E-state index is 12.0. The van der Waals surface area contributed by atoms with Crippen molar-refractivity contribution in [1.82, 2.24) is 10.3 Å². The number of hydrogen-bond donors (Lipinski definition) is 1. The lowest BCUT2D eigenvalue weighted by Gasteiger charge is -2.20. The molecule has 0 atom stereocenters. The largest absolute Gasteiger partial charge is 0.441 e. The van der Waals surface area contributed by atoms with E-state index in [0.717, 1.165) is 23.9 Å². The summed E-state index contributed by atoms with van der Waals surface area (Å²) >= 11 is 0. The lowest BCUT2D eigenvalue weighted by molar-refractivity contribution is -0.125. The number of hydrogen-bond acceptors (Lipinski definition) is 3. The number of oxazole rings is 1. The Labute approximate surface area is 118 Å². The zero-order valence-electron chi connectivity index (χ0n) is 11.6. The fourth-order valence-electron chi connectivity index (χ4n) is 2.83. The number of amides is 1. The van der Waals surface area contributed by atoms with Gasteiger partial charge in [0, 0.05) is 18.9 Å². The Morgan fingerprint density at radius 3 is 2.85 bits per heavy atom. The van der Waals surface area contributed by atoms with E-state index in [-0.39, 0.29) is 11.8 Å². The van der Waals surface area contributed by atoms with Crippen molar-refractivity contribution in [1.29, 1.82) is 0 Å². The molecule has 1 N–H and O–H groups in total. The monoisotopic (exact) mass is 272 g/mol. The first-order chi connectivity index (χ1) is 9.83. The predicted octanol–water partition coefficient (Wildman–Crippen LogP) is 3.07. The van der Waals surface area contributed by atoms with Gasteiger partial charge in [0.1, 0.15) is 5.52 Å². The molecule has 1 saturated carbocycles. The van der Waals surface area contributed by atoms with Crippen molar-refractivity contribution >= 4 is 17.0 Å². The summed E-state index contributed by atoms with van der Waals surface area (Å²) in [6.45, 7) is 0.599.